The lowest BCUT2D eigenvalue weighted by atomic mass is 10.0. The quantitative estimate of drug-likeness (QED) is 0.752. The van der Waals surface area contributed by atoms with Crippen LogP contribution in [-0.2, 0) is 0 Å². The van der Waals surface area contributed by atoms with Gasteiger partial charge >= 0.3 is 0 Å². The van der Waals surface area contributed by atoms with E-state index in [9.17, 15) is 4.79 Å². The molecule has 128 valence electrons. The molecule has 0 saturated carbocycles. The van der Waals surface area contributed by atoms with Crippen molar-refractivity contribution in [2.75, 3.05) is 32.1 Å². The minimum Gasteiger partial charge on any atom is -0.497 e. The van der Waals surface area contributed by atoms with Gasteiger partial charge in [-0.3, -0.25) is 4.79 Å². The van der Waals surface area contributed by atoms with Gasteiger partial charge in [-0.2, -0.15) is 0 Å². The smallest absolute Gasteiger partial charge is 0.253 e. The first-order chi connectivity index (χ1) is 11.3. The highest BCUT2D eigenvalue weighted by Gasteiger charge is 2.18. The second-order valence-corrected chi connectivity index (χ2v) is 5.63. The number of carbonyl (C=O) groups excluding carboxylic acids is 1. The Morgan fingerprint density at radius 3 is 2.50 bits per heavy atom. The van der Waals surface area contributed by atoms with Crippen LogP contribution in [0.2, 0.25) is 0 Å². The molecule has 0 radical (unpaired) electrons. The third kappa shape index (κ3) is 4.40. The van der Waals surface area contributed by atoms with Crippen molar-refractivity contribution in [2.45, 2.75) is 0 Å². The number of amides is 1. The van der Waals surface area contributed by atoms with E-state index in [-0.39, 0.29) is 18.3 Å². The zero-order valence-corrected chi connectivity index (χ0v) is 14.4. The number of ether oxygens (including phenoxy) is 1. The van der Waals surface area contributed by atoms with Crippen molar-refractivity contribution >= 4 is 29.7 Å². The molecule has 1 amide bonds. The minimum atomic E-state index is -0.0477. The van der Waals surface area contributed by atoms with Crippen molar-refractivity contribution in [3.8, 4) is 5.75 Å². The van der Waals surface area contributed by atoms with E-state index >= 15 is 0 Å². The van der Waals surface area contributed by atoms with Crippen molar-refractivity contribution < 1.29 is 9.53 Å². The van der Waals surface area contributed by atoms with Crippen LogP contribution in [0.3, 0.4) is 0 Å². The molecule has 0 atom stereocenters. The maximum Gasteiger partial charge on any atom is 0.253 e. The van der Waals surface area contributed by atoms with Gasteiger partial charge in [-0.05, 0) is 36.4 Å². The van der Waals surface area contributed by atoms with Crippen LogP contribution in [0.15, 0.2) is 48.5 Å². The molecule has 3 N–H and O–H groups in total. The topological polar surface area (TPSA) is 62.4 Å². The molecule has 2 aromatic rings. The van der Waals surface area contributed by atoms with Crippen molar-refractivity contribution in [1.29, 1.82) is 0 Å². The number of nitrogens with one attached hydrogen (secondary N) is 3. The van der Waals surface area contributed by atoms with Gasteiger partial charge in [0.05, 0.1) is 18.4 Å². The molecular weight excluding hydrogens is 326 g/mol. The molecule has 1 aliphatic heterocycles. The molecule has 0 bridgehead atoms. The molecule has 0 spiro atoms. The Morgan fingerprint density at radius 1 is 1.17 bits per heavy atom. The molecule has 3 rings (SSSR count). The third-order valence-electron chi connectivity index (χ3n) is 3.96. The van der Waals surface area contributed by atoms with E-state index in [1.807, 2.05) is 48.5 Å². The second kappa shape index (κ2) is 8.57. The van der Waals surface area contributed by atoms with Crippen LogP contribution in [0.25, 0.3) is 0 Å². The Labute approximate surface area is 148 Å². The van der Waals surface area contributed by atoms with Gasteiger partial charge in [0.1, 0.15) is 5.75 Å². The molecule has 5 nitrogen and oxygen atoms in total. The molecule has 1 saturated heterocycles. The van der Waals surface area contributed by atoms with Crippen LogP contribution in [0.5, 0.6) is 5.75 Å². The van der Waals surface area contributed by atoms with E-state index in [1.165, 1.54) is 0 Å². The Hall–Kier alpha value is -2.24. The maximum absolute atomic E-state index is 12.4. The van der Waals surface area contributed by atoms with Gasteiger partial charge in [0, 0.05) is 31.2 Å². The van der Waals surface area contributed by atoms with Gasteiger partial charge in [0.15, 0.2) is 0 Å². The van der Waals surface area contributed by atoms with Crippen LogP contribution in [0.1, 0.15) is 10.4 Å². The van der Waals surface area contributed by atoms with Crippen molar-refractivity contribution in [2.24, 2.45) is 5.92 Å². The lowest BCUT2D eigenvalue weighted by Gasteiger charge is -2.27. The molecule has 0 aromatic heterocycles. The Kier molecular flexibility index (Phi) is 6.46. The molecule has 1 aliphatic rings. The highest BCUT2D eigenvalue weighted by molar-refractivity contribution is 6.00. The Morgan fingerprint density at radius 2 is 1.88 bits per heavy atom. The van der Waals surface area contributed by atoms with E-state index in [0.29, 0.717) is 18.0 Å². The molecule has 6 heteroatoms. The van der Waals surface area contributed by atoms with Crippen LogP contribution < -0.4 is 20.7 Å². The predicted octanol–water partition coefficient (Wildman–Crippen LogP) is 2.81. The van der Waals surface area contributed by atoms with Crippen molar-refractivity contribution in [3.63, 3.8) is 0 Å². The molecular formula is C18H22ClN3O2. The summed E-state index contributed by atoms with van der Waals surface area (Å²) in [4.78, 5) is 12.4. The number of carbonyl (C=O) groups is 1. The van der Waals surface area contributed by atoms with Gasteiger partial charge in [-0.25, -0.2) is 0 Å². The lowest BCUT2D eigenvalue weighted by Crippen LogP contribution is -2.48. The summed E-state index contributed by atoms with van der Waals surface area (Å²) in [6, 6.07) is 15.1. The predicted molar refractivity (Wildman–Crippen MR) is 98.7 cm³/mol. The van der Waals surface area contributed by atoms with Crippen LogP contribution in [0.4, 0.5) is 11.4 Å². The second-order valence-electron chi connectivity index (χ2n) is 5.63. The molecule has 24 heavy (non-hydrogen) atoms. The average Bonchev–Trinajstić information content (AvgIpc) is 2.54. The number of halogens is 1. The molecule has 1 heterocycles. The Bertz CT molecular complexity index is 672. The van der Waals surface area contributed by atoms with E-state index in [2.05, 4.69) is 16.0 Å². The van der Waals surface area contributed by atoms with Gasteiger partial charge in [-0.15, -0.1) is 12.4 Å². The first kappa shape index (κ1) is 18.1. The number of hydrogen-bond donors (Lipinski definition) is 3. The van der Waals surface area contributed by atoms with Crippen molar-refractivity contribution in [1.82, 2.24) is 10.6 Å². The number of anilines is 2. The number of methoxy groups -OCH3 is 1. The molecule has 1 fully saturated rings. The van der Waals surface area contributed by atoms with Crippen LogP contribution >= 0.6 is 12.4 Å². The van der Waals surface area contributed by atoms with E-state index < -0.39 is 0 Å². The summed E-state index contributed by atoms with van der Waals surface area (Å²) >= 11 is 0. The van der Waals surface area contributed by atoms with E-state index in [0.717, 1.165) is 30.2 Å². The van der Waals surface area contributed by atoms with Gasteiger partial charge in [-0.1, -0.05) is 12.1 Å². The van der Waals surface area contributed by atoms with Gasteiger partial charge < -0.3 is 20.7 Å². The largest absolute Gasteiger partial charge is 0.497 e. The van der Waals surface area contributed by atoms with Crippen LogP contribution in [0, 0.1) is 5.92 Å². The summed E-state index contributed by atoms with van der Waals surface area (Å²) in [6.07, 6.45) is 0. The highest BCUT2D eigenvalue weighted by Crippen LogP contribution is 2.23. The summed E-state index contributed by atoms with van der Waals surface area (Å²) in [5.41, 5.74) is 2.35. The fourth-order valence-corrected chi connectivity index (χ4v) is 2.45. The summed E-state index contributed by atoms with van der Waals surface area (Å²) in [5.74, 6) is 1.30. The van der Waals surface area contributed by atoms with E-state index in [1.54, 1.807) is 7.11 Å². The first-order valence-corrected chi connectivity index (χ1v) is 7.75. The molecule has 0 unspecified atom stereocenters. The SMILES string of the molecule is COc1ccc(Nc2ccccc2C(=O)NCC2CNC2)cc1.Cl. The number of benzene rings is 2. The Balaban J connectivity index is 0.00000208. The third-order valence-corrected chi connectivity index (χ3v) is 3.96. The number of rotatable bonds is 6. The summed E-state index contributed by atoms with van der Waals surface area (Å²) in [7, 11) is 1.64. The van der Waals surface area contributed by atoms with Crippen LogP contribution in [-0.4, -0.2) is 32.7 Å². The highest BCUT2D eigenvalue weighted by atomic mass is 35.5. The van der Waals surface area contributed by atoms with E-state index in [4.69, 9.17) is 4.74 Å². The maximum atomic E-state index is 12.4. The number of para-hydroxylation sites is 1. The normalized spacial score (nSPS) is 13.4. The van der Waals surface area contributed by atoms with Gasteiger partial charge in [0.25, 0.3) is 5.91 Å². The molecule has 2 aromatic carbocycles. The van der Waals surface area contributed by atoms with Crippen molar-refractivity contribution in [3.05, 3.63) is 54.1 Å². The zero-order valence-electron chi connectivity index (χ0n) is 13.5. The first-order valence-electron chi connectivity index (χ1n) is 7.75. The molecule has 0 aliphatic carbocycles. The lowest BCUT2D eigenvalue weighted by molar-refractivity contribution is 0.0943. The fourth-order valence-electron chi connectivity index (χ4n) is 2.45. The monoisotopic (exact) mass is 347 g/mol. The summed E-state index contributed by atoms with van der Waals surface area (Å²) in [5, 5.41) is 9.50. The summed E-state index contributed by atoms with van der Waals surface area (Å²) < 4.78 is 5.15. The minimum absolute atomic E-state index is 0. The number of hydrogen-bond acceptors (Lipinski definition) is 4. The van der Waals surface area contributed by atoms with Gasteiger partial charge in [0.2, 0.25) is 0 Å². The summed E-state index contributed by atoms with van der Waals surface area (Å²) in [6.45, 7) is 2.67. The standard InChI is InChI=1S/C18H21N3O2.ClH/c1-23-15-8-6-14(7-9-15)21-17-5-3-2-4-16(17)18(22)20-12-13-10-19-11-13;/h2-9,13,19,21H,10-12H2,1H3,(H,20,22);1H. The fraction of sp³-hybridized carbons (Fsp3) is 0.278. The average molecular weight is 348 g/mol. The zero-order chi connectivity index (χ0) is 16.1.